The summed E-state index contributed by atoms with van der Waals surface area (Å²) in [6.45, 7) is 5.14. The van der Waals surface area contributed by atoms with Gasteiger partial charge in [-0.15, -0.1) is 0 Å². The van der Waals surface area contributed by atoms with Crippen LogP contribution in [0.2, 0.25) is 0 Å². The Bertz CT molecular complexity index is 350. The van der Waals surface area contributed by atoms with Crippen LogP contribution in [0, 0.1) is 6.92 Å². The highest BCUT2D eigenvalue weighted by atomic mass is 16.1. The molecular weight excluding hydrogens is 200 g/mol. The van der Waals surface area contributed by atoms with E-state index >= 15 is 0 Å². The van der Waals surface area contributed by atoms with Crippen LogP contribution in [0.4, 0.5) is 0 Å². The fourth-order valence-electron chi connectivity index (χ4n) is 1.86. The minimum atomic E-state index is 0.0706. The van der Waals surface area contributed by atoms with Gasteiger partial charge in [-0.05, 0) is 31.5 Å². The van der Waals surface area contributed by atoms with E-state index in [0.29, 0.717) is 19.5 Å². The molecule has 0 heterocycles. The van der Waals surface area contributed by atoms with Gasteiger partial charge in [-0.2, -0.15) is 0 Å². The predicted octanol–water partition coefficient (Wildman–Crippen LogP) is 1.56. The zero-order chi connectivity index (χ0) is 12.0. The van der Waals surface area contributed by atoms with Crippen molar-refractivity contribution in [2.45, 2.75) is 26.2 Å². The third-order valence-corrected chi connectivity index (χ3v) is 2.72. The molecule has 1 aromatic rings. The van der Waals surface area contributed by atoms with Crippen molar-refractivity contribution in [2.75, 3.05) is 13.1 Å². The lowest BCUT2D eigenvalue weighted by molar-refractivity contribution is -0.121. The van der Waals surface area contributed by atoms with Crippen molar-refractivity contribution in [3.63, 3.8) is 0 Å². The molecule has 1 aromatic carbocycles. The average molecular weight is 220 g/mol. The first-order chi connectivity index (χ1) is 7.69. The molecule has 1 unspecified atom stereocenters. The zero-order valence-electron chi connectivity index (χ0n) is 9.99. The van der Waals surface area contributed by atoms with Crippen LogP contribution in [0.5, 0.6) is 0 Å². The van der Waals surface area contributed by atoms with E-state index in [1.165, 1.54) is 11.1 Å². The van der Waals surface area contributed by atoms with Crippen molar-refractivity contribution in [3.05, 3.63) is 35.4 Å². The summed E-state index contributed by atoms with van der Waals surface area (Å²) in [7, 11) is 0. The van der Waals surface area contributed by atoms with Crippen molar-refractivity contribution < 1.29 is 4.79 Å². The lowest BCUT2D eigenvalue weighted by atomic mass is 9.92. The molecule has 0 bridgehead atoms. The Morgan fingerprint density at radius 1 is 1.44 bits per heavy atom. The van der Waals surface area contributed by atoms with Crippen molar-refractivity contribution in [3.8, 4) is 0 Å². The van der Waals surface area contributed by atoms with Gasteiger partial charge in [-0.1, -0.05) is 24.3 Å². The molecule has 0 aliphatic heterocycles. The maximum atomic E-state index is 11.5. The molecule has 3 nitrogen and oxygen atoms in total. The Labute approximate surface area is 97.0 Å². The second kappa shape index (κ2) is 6.28. The van der Waals surface area contributed by atoms with Crippen LogP contribution >= 0.6 is 0 Å². The first-order valence-electron chi connectivity index (χ1n) is 5.71. The molecule has 0 aliphatic rings. The summed E-state index contributed by atoms with van der Waals surface area (Å²) in [5.41, 5.74) is 8.11. The number of nitrogens with two attached hydrogens (primary N) is 1. The highest BCUT2D eigenvalue weighted by Crippen LogP contribution is 2.21. The quantitative estimate of drug-likeness (QED) is 0.791. The van der Waals surface area contributed by atoms with Gasteiger partial charge in [0, 0.05) is 18.9 Å². The number of aryl methyl sites for hydroxylation is 1. The molecule has 0 aromatic heterocycles. The third-order valence-electron chi connectivity index (χ3n) is 2.72. The van der Waals surface area contributed by atoms with E-state index < -0.39 is 0 Å². The van der Waals surface area contributed by atoms with Gasteiger partial charge in [0.1, 0.15) is 0 Å². The smallest absolute Gasteiger partial charge is 0.220 e. The summed E-state index contributed by atoms with van der Waals surface area (Å²) in [5, 5.41) is 2.81. The zero-order valence-corrected chi connectivity index (χ0v) is 9.99. The average Bonchev–Trinajstić information content (AvgIpc) is 2.27. The molecule has 88 valence electrons. The molecule has 0 spiro atoms. The van der Waals surface area contributed by atoms with Crippen molar-refractivity contribution >= 4 is 5.91 Å². The largest absolute Gasteiger partial charge is 0.356 e. The fraction of sp³-hybridized carbons (Fsp3) is 0.462. The van der Waals surface area contributed by atoms with Crippen molar-refractivity contribution in [2.24, 2.45) is 5.73 Å². The summed E-state index contributed by atoms with van der Waals surface area (Å²) in [6, 6.07) is 8.09. The Kier molecular flexibility index (Phi) is 4.99. The molecular formula is C13H20N2O. The minimum absolute atomic E-state index is 0.0706. The first kappa shape index (κ1) is 12.7. The van der Waals surface area contributed by atoms with Crippen LogP contribution in [0.15, 0.2) is 24.3 Å². The molecule has 3 N–H and O–H groups in total. The molecule has 0 saturated heterocycles. The van der Waals surface area contributed by atoms with Crippen LogP contribution in [0.3, 0.4) is 0 Å². The standard InChI is InChI=1S/C13H20N2O/c1-3-15-13(16)8-11(9-14)12-7-5-4-6-10(12)2/h4-7,11H,3,8-9,14H2,1-2H3,(H,15,16). The van der Waals surface area contributed by atoms with Crippen molar-refractivity contribution in [1.82, 2.24) is 5.32 Å². The van der Waals surface area contributed by atoms with E-state index in [9.17, 15) is 4.79 Å². The SMILES string of the molecule is CCNC(=O)CC(CN)c1ccccc1C. The number of rotatable bonds is 5. The van der Waals surface area contributed by atoms with Crippen LogP contribution in [-0.2, 0) is 4.79 Å². The highest BCUT2D eigenvalue weighted by molar-refractivity contribution is 5.76. The second-order valence-corrected chi connectivity index (χ2v) is 3.95. The maximum Gasteiger partial charge on any atom is 0.220 e. The number of hydrogen-bond donors (Lipinski definition) is 2. The van der Waals surface area contributed by atoms with Gasteiger partial charge < -0.3 is 11.1 Å². The first-order valence-corrected chi connectivity index (χ1v) is 5.71. The summed E-state index contributed by atoms with van der Waals surface area (Å²) in [4.78, 5) is 11.5. The van der Waals surface area contributed by atoms with Crippen molar-refractivity contribution in [1.29, 1.82) is 0 Å². The van der Waals surface area contributed by atoms with Gasteiger partial charge in [0.2, 0.25) is 5.91 Å². The Hall–Kier alpha value is -1.35. The molecule has 1 rings (SSSR count). The van der Waals surface area contributed by atoms with E-state index in [0.717, 1.165) is 0 Å². The van der Waals surface area contributed by atoms with Gasteiger partial charge in [0.05, 0.1) is 0 Å². The summed E-state index contributed by atoms with van der Waals surface area (Å²) >= 11 is 0. The van der Waals surface area contributed by atoms with E-state index in [2.05, 4.69) is 18.3 Å². The fourth-order valence-corrected chi connectivity index (χ4v) is 1.86. The Morgan fingerprint density at radius 2 is 2.12 bits per heavy atom. The summed E-state index contributed by atoms with van der Waals surface area (Å²) in [6.07, 6.45) is 0.467. The van der Waals surface area contributed by atoms with Gasteiger partial charge in [-0.25, -0.2) is 0 Å². The van der Waals surface area contributed by atoms with E-state index in [1.807, 2.05) is 25.1 Å². The molecule has 3 heteroatoms. The molecule has 0 radical (unpaired) electrons. The van der Waals surface area contributed by atoms with E-state index in [-0.39, 0.29) is 11.8 Å². The Balaban J connectivity index is 2.75. The van der Waals surface area contributed by atoms with Crippen LogP contribution < -0.4 is 11.1 Å². The Morgan fingerprint density at radius 3 is 2.69 bits per heavy atom. The summed E-state index contributed by atoms with van der Waals surface area (Å²) in [5.74, 6) is 0.189. The van der Waals surface area contributed by atoms with Gasteiger partial charge in [-0.3, -0.25) is 4.79 Å². The lowest BCUT2D eigenvalue weighted by Crippen LogP contribution is -2.27. The van der Waals surface area contributed by atoms with Gasteiger partial charge in [0.15, 0.2) is 0 Å². The monoisotopic (exact) mass is 220 g/mol. The maximum absolute atomic E-state index is 11.5. The van der Waals surface area contributed by atoms with E-state index in [1.54, 1.807) is 0 Å². The second-order valence-electron chi connectivity index (χ2n) is 3.95. The van der Waals surface area contributed by atoms with Crippen LogP contribution in [0.1, 0.15) is 30.4 Å². The molecule has 0 fully saturated rings. The highest BCUT2D eigenvalue weighted by Gasteiger charge is 2.15. The number of carbonyl (C=O) groups is 1. The number of hydrogen-bond acceptors (Lipinski definition) is 2. The van der Waals surface area contributed by atoms with Crippen LogP contribution in [0.25, 0.3) is 0 Å². The third kappa shape index (κ3) is 3.35. The van der Waals surface area contributed by atoms with E-state index in [4.69, 9.17) is 5.73 Å². The molecule has 0 aliphatic carbocycles. The number of benzene rings is 1. The number of amides is 1. The minimum Gasteiger partial charge on any atom is -0.356 e. The molecule has 0 saturated carbocycles. The molecule has 1 amide bonds. The van der Waals surface area contributed by atoms with Gasteiger partial charge in [0.25, 0.3) is 0 Å². The predicted molar refractivity (Wildman–Crippen MR) is 66.3 cm³/mol. The summed E-state index contributed by atoms with van der Waals surface area (Å²) < 4.78 is 0. The van der Waals surface area contributed by atoms with Crippen LogP contribution in [-0.4, -0.2) is 19.0 Å². The number of carbonyl (C=O) groups excluding carboxylic acids is 1. The lowest BCUT2D eigenvalue weighted by Gasteiger charge is -2.16. The number of nitrogens with one attached hydrogen (secondary N) is 1. The molecule has 1 atom stereocenters. The normalized spacial score (nSPS) is 12.2. The topological polar surface area (TPSA) is 55.1 Å². The van der Waals surface area contributed by atoms with Gasteiger partial charge >= 0.3 is 0 Å². The molecule has 16 heavy (non-hydrogen) atoms.